The van der Waals surface area contributed by atoms with Gasteiger partial charge in [-0.15, -0.1) is 0 Å². The predicted octanol–water partition coefficient (Wildman–Crippen LogP) is 4.24. The molecule has 1 atom stereocenters. The molecule has 1 aliphatic heterocycles. The molecule has 1 aliphatic rings. The number of likely N-dealkylation sites (tertiary alicyclic amines) is 1. The van der Waals surface area contributed by atoms with Crippen LogP contribution in [-0.2, 0) is 9.59 Å². The molecule has 7 heteroatoms. The number of aryl methyl sites for hydroxylation is 1. The Morgan fingerprint density at radius 3 is 2.28 bits per heavy atom. The number of methoxy groups -OCH3 is 2. The van der Waals surface area contributed by atoms with Crippen LogP contribution in [0.4, 0.5) is 0 Å². The highest BCUT2D eigenvalue weighted by atomic mass is 16.5. The van der Waals surface area contributed by atoms with Gasteiger partial charge in [0.05, 0.1) is 32.4 Å². The molecule has 1 unspecified atom stereocenters. The van der Waals surface area contributed by atoms with E-state index in [9.17, 15) is 14.7 Å². The lowest BCUT2D eigenvalue weighted by Crippen LogP contribution is -2.30. The zero-order valence-corrected chi connectivity index (χ0v) is 19.1. The predicted molar refractivity (Wildman–Crippen MR) is 121 cm³/mol. The Kier molecular flexibility index (Phi) is 7.08. The van der Waals surface area contributed by atoms with Gasteiger partial charge in [0.25, 0.3) is 11.7 Å². The quantitative estimate of drug-likeness (QED) is 0.376. The molecule has 0 spiro atoms. The molecule has 1 amide bonds. The monoisotopic (exact) mass is 439 g/mol. The number of rotatable bonds is 8. The van der Waals surface area contributed by atoms with Crippen molar-refractivity contribution in [2.75, 3.05) is 27.4 Å². The normalized spacial score (nSPS) is 17.5. The topological polar surface area (TPSA) is 85.3 Å². The van der Waals surface area contributed by atoms with Crippen LogP contribution in [0.1, 0.15) is 43.0 Å². The summed E-state index contributed by atoms with van der Waals surface area (Å²) in [4.78, 5) is 27.4. The van der Waals surface area contributed by atoms with Crippen molar-refractivity contribution < 1.29 is 28.9 Å². The average Bonchev–Trinajstić information content (AvgIpc) is 3.04. The number of hydrogen-bond donors (Lipinski definition) is 1. The third kappa shape index (κ3) is 4.15. The van der Waals surface area contributed by atoms with E-state index in [1.54, 1.807) is 43.5 Å². The van der Waals surface area contributed by atoms with Gasteiger partial charge in [0.1, 0.15) is 11.5 Å². The number of carbonyl (C=O) groups is 2. The van der Waals surface area contributed by atoms with E-state index >= 15 is 0 Å². The molecule has 0 aliphatic carbocycles. The van der Waals surface area contributed by atoms with E-state index in [1.165, 1.54) is 12.0 Å². The minimum absolute atomic E-state index is 0.0548. The molecule has 3 rings (SSSR count). The molecule has 0 radical (unpaired) electrons. The van der Waals surface area contributed by atoms with E-state index in [0.29, 0.717) is 47.9 Å². The number of amides is 1. The van der Waals surface area contributed by atoms with Crippen molar-refractivity contribution in [3.05, 3.63) is 58.7 Å². The highest BCUT2D eigenvalue weighted by Gasteiger charge is 2.45. The highest BCUT2D eigenvalue weighted by molar-refractivity contribution is 6.46. The molecule has 1 heterocycles. The van der Waals surface area contributed by atoms with Crippen LogP contribution in [0.5, 0.6) is 17.2 Å². The lowest BCUT2D eigenvalue weighted by Gasteiger charge is -2.25. The molecule has 7 nitrogen and oxygen atoms in total. The largest absolute Gasteiger partial charge is 0.507 e. The zero-order chi connectivity index (χ0) is 23.4. The van der Waals surface area contributed by atoms with Gasteiger partial charge in [0.2, 0.25) is 0 Å². The Hall–Kier alpha value is -3.48. The molecule has 32 heavy (non-hydrogen) atoms. The van der Waals surface area contributed by atoms with E-state index in [2.05, 4.69) is 0 Å². The van der Waals surface area contributed by atoms with Gasteiger partial charge in [-0.1, -0.05) is 13.0 Å². The molecular weight excluding hydrogens is 410 g/mol. The SMILES string of the molecule is CCCN1C(=O)C(=O)/C(=C(\O)c2ccc(OC)c(C)c2)C1c1ccc(OCC)c(OC)c1. The highest BCUT2D eigenvalue weighted by Crippen LogP contribution is 2.42. The van der Waals surface area contributed by atoms with Gasteiger partial charge in [0, 0.05) is 12.1 Å². The Balaban J connectivity index is 2.19. The van der Waals surface area contributed by atoms with Crippen LogP contribution in [0.3, 0.4) is 0 Å². The van der Waals surface area contributed by atoms with Crippen LogP contribution in [0.25, 0.3) is 5.76 Å². The molecular formula is C25H29NO6. The molecule has 1 fully saturated rings. The Bertz CT molecular complexity index is 1060. The maximum Gasteiger partial charge on any atom is 0.295 e. The van der Waals surface area contributed by atoms with Crippen molar-refractivity contribution in [1.82, 2.24) is 4.90 Å². The summed E-state index contributed by atoms with van der Waals surface area (Å²) in [6.45, 7) is 6.51. The third-order valence-corrected chi connectivity index (χ3v) is 5.48. The molecule has 2 aromatic carbocycles. The molecule has 170 valence electrons. The number of benzene rings is 2. The number of carbonyl (C=O) groups excluding carboxylic acids is 2. The molecule has 1 N–H and O–H groups in total. The van der Waals surface area contributed by atoms with Gasteiger partial charge in [-0.2, -0.15) is 0 Å². The number of Topliss-reactive ketones (excluding diaryl/α,β-unsaturated/α-hetero) is 1. The summed E-state index contributed by atoms with van der Waals surface area (Å²) in [5, 5.41) is 11.2. The van der Waals surface area contributed by atoms with Crippen molar-refractivity contribution in [2.24, 2.45) is 0 Å². The Morgan fingerprint density at radius 1 is 1.00 bits per heavy atom. The van der Waals surface area contributed by atoms with Gasteiger partial charge in [-0.25, -0.2) is 0 Å². The zero-order valence-electron chi connectivity index (χ0n) is 19.1. The molecule has 1 saturated heterocycles. The second-order valence-electron chi connectivity index (χ2n) is 7.52. The van der Waals surface area contributed by atoms with Crippen LogP contribution in [0.2, 0.25) is 0 Å². The number of ketones is 1. The van der Waals surface area contributed by atoms with E-state index in [1.807, 2.05) is 20.8 Å². The van der Waals surface area contributed by atoms with Crippen LogP contribution in [-0.4, -0.2) is 49.1 Å². The van der Waals surface area contributed by atoms with Crippen LogP contribution >= 0.6 is 0 Å². The van der Waals surface area contributed by atoms with Crippen molar-refractivity contribution in [2.45, 2.75) is 33.2 Å². The van der Waals surface area contributed by atoms with Crippen LogP contribution in [0.15, 0.2) is 42.0 Å². The van der Waals surface area contributed by atoms with E-state index in [-0.39, 0.29) is 11.3 Å². The Labute approximate surface area is 188 Å². The van der Waals surface area contributed by atoms with Crippen molar-refractivity contribution in [3.63, 3.8) is 0 Å². The van der Waals surface area contributed by atoms with Gasteiger partial charge in [-0.3, -0.25) is 9.59 Å². The standard InChI is InChI=1S/C25H29NO6/c1-6-12-26-22(16-8-11-19(32-7-2)20(14-16)31-5)21(24(28)25(26)29)23(27)17-9-10-18(30-4)15(3)13-17/h8-11,13-14,22,27H,6-7,12H2,1-5H3/b23-21-. The van der Waals surface area contributed by atoms with Crippen LogP contribution in [0, 0.1) is 6.92 Å². The lowest BCUT2D eigenvalue weighted by atomic mass is 9.94. The van der Waals surface area contributed by atoms with Crippen molar-refractivity contribution in [1.29, 1.82) is 0 Å². The summed E-state index contributed by atoms with van der Waals surface area (Å²) >= 11 is 0. The number of aliphatic hydroxyl groups excluding tert-OH is 1. The van der Waals surface area contributed by atoms with E-state index in [4.69, 9.17) is 14.2 Å². The average molecular weight is 440 g/mol. The van der Waals surface area contributed by atoms with Crippen molar-refractivity contribution >= 4 is 17.4 Å². The number of ether oxygens (including phenoxy) is 3. The number of nitrogens with zero attached hydrogens (tertiary/aromatic N) is 1. The van der Waals surface area contributed by atoms with Gasteiger partial charge >= 0.3 is 0 Å². The molecule has 2 aromatic rings. The second-order valence-corrected chi connectivity index (χ2v) is 7.52. The third-order valence-electron chi connectivity index (χ3n) is 5.48. The summed E-state index contributed by atoms with van der Waals surface area (Å²) in [7, 11) is 3.10. The molecule has 0 aromatic heterocycles. The van der Waals surface area contributed by atoms with Gasteiger partial charge < -0.3 is 24.2 Å². The summed E-state index contributed by atoms with van der Waals surface area (Å²) in [6.07, 6.45) is 0.666. The van der Waals surface area contributed by atoms with Crippen LogP contribution < -0.4 is 14.2 Å². The second kappa shape index (κ2) is 9.77. The maximum absolute atomic E-state index is 13.0. The first kappa shape index (κ1) is 23.2. The first-order chi connectivity index (χ1) is 15.4. The maximum atomic E-state index is 13.0. The smallest absolute Gasteiger partial charge is 0.295 e. The Morgan fingerprint density at radius 2 is 1.69 bits per heavy atom. The minimum Gasteiger partial charge on any atom is -0.507 e. The van der Waals surface area contributed by atoms with Crippen molar-refractivity contribution in [3.8, 4) is 17.2 Å². The number of aliphatic hydroxyl groups is 1. The minimum atomic E-state index is -0.734. The molecule has 0 bridgehead atoms. The summed E-state index contributed by atoms with van der Waals surface area (Å²) < 4.78 is 16.3. The fraction of sp³-hybridized carbons (Fsp3) is 0.360. The van der Waals surface area contributed by atoms with E-state index in [0.717, 1.165) is 5.56 Å². The summed E-state index contributed by atoms with van der Waals surface area (Å²) in [5.41, 5.74) is 1.96. The molecule has 0 saturated carbocycles. The lowest BCUT2D eigenvalue weighted by molar-refractivity contribution is -0.139. The summed E-state index contributed by atoms with van der Waals surface area (Å²) in [5.74, 6) is 0.175. The number of hydrogen-bond acceptors (Lipinski definition) is 6. The van der Waals surface area contributed by atoms with E-state index < -0.39 is 17.7 Å². The van der Waals surface area contributed by atoms with Gasteiger partial charge in [-0.05, 0) is 61.7 Å². The first-order valence-corrected chi connectivity index (χ1v) is 10.6. The fourth-order valence-electron chi connectivity index (χ4n) is 4.01. The first-order valence-electron chi connectivity index (χ1n) is 10.6. The van der Waals surface area contributed by atoms with Gasteiger partial charge in [0.15, 0.2) is 11.5 Å². The summed E-state index contributed by atoms with van der Waals surface area (Å²) in [6, 6.07) is 9.68. The fourth-order valence-corrected chi connectivity index (χ4v) is 4.01.